The fraction of sp³-hybridized carbons (Fsp3) is 0.438. The number of fused-ring (bicyclic) bond motifs is 3. The van der Waals surface area contributed by atoms with Crippen LogP contribution in [0, 0.1) is 24.2 Å². The summed E-state index contributed by atoms with van der Waals surface area (Å²) in [7, 11) is 0. The van der Waals surface area contributed by atoms with E-state index in [0.29, 0.717) is 11.3 Å². The summed E-state index contributed by atoms with van der Waals surface area (Å²) in [5.41, 5.74) is 15.5. The first-order chi connectivity index (χ1) is 15.4. The lowest BCUT2D eigenvalue weighted by Gasteiger charge is -2.39. The number of aryl methyl sites for hydroxylation is 1. The van der Waals surface area contributed by atoms with E-state index < -0.39 is 0 Å². The number of rotatable bonds is 3. The molecule has 0 heteroatoms. The molecule has 0 bridgehead atoms. The summed E-state index contributed by atoms with van der Waals surface area (Å²) in [5, 5.41) is 0. The third kappa shape index (κ3) is 3.18. The van der Waals surface area contributed by atoms with Gasteiger partial charge in [0.05, 0.1) is 0 Å². The van der Waals surface area contributed by atoms with Gasteiger partial charge in [0, 0.05) is 5.92 Å². The van der Waals surface area contributed by atoms with Crippen molar-refractivity contribution in [2.45, 2.75) is 71.6 Å². The molecule has 0 heterocycles. The van der Waals surface area contributed by atoms with Crippen LogP contribution < -0.4 is 0 Å². The second-order valence-electron chi connectivity index (χ2n) is 11.5. The minimum Gasteiger partial charge on any atom is -0.0992 e. The van der Waals surface area contributed by atoms with Crippen molar-refractivity contribution in [3.63, 3.8) is 0 Å². The molecule has 6 rings (SSSR count). The first kappa shape index (κ1) is 20.3. The van der Waals surface area contributed by atoms with Gasteiger partial charge in [-0.15, -0.1) is 0 Å². The molecule has 32 heavy (non-hydrogen) atoms. The van der Waals surface area contributed by atoms with E-state index in [1.807, 2.05) is 0 Å². The van der Waals surface area contributed by atoms with Gasteiger partial charge in [-0.25, -0.2) is 0 Å². The van der Waals surface area contributed by atoms with Crippen molar-refractivity contribution in [1.29, 1.82) is 0 Å². The highest BCUT2D eigenvalue weighted by atomic mass is 14.5. The molecule has 0 spiro atoms. The van der Waals surface area contributed by atoms with Crippen molar-refractivity contribution in [1.82, 2.24) is 0 Å². The van der Waals surface area contributed by atoms with Crippen LogP contribution in [-0.2, 0) is 19.3 Å². The molecule has 2 aromatic rings. The lowest BCUT2D eigenvalue weighted by Crippen LogP contribution is -2.31. The molecule has 0 N–H and O–H groups in total. The molecule has 0 amide bonds. The summed E-state index contributed by atoms with van der Waals surface area (Å²) in [6.45, 7) is 13.5. The summed E-state index contributed by atoms with van der Waals surface area (Å²) in [4.78, 5) is 0. The Morgan fingerprint density at radius 3 is 2.66 bits per heavy atom. The molecule has 2 aromatic carbocycles. The van der Waals surface area contributed by atoms with Gasteiger partial charge >= 0.3 is 0 Å². The van der Waals surface area contributed by atoms with Gasteiger partial charge in [-0.2, -0.15) is 0 Å². The Morgan fingerprint density at radius 1 is 1.03 bits per heavy atom. The smallest absolute Gasteiger partial charge is 0.00392 e. The van der Waals surface area contributed by atoms with Gasteiger partial charge in [0.1, 0.15) is 0 Å². The van der Waals surface area contributed by atoms with Gasteiger partial charge in [0.15, 0.2) is 0 Å². The number of benzene rings is 2. The van der Waals surface area contributed by atoms with Crippen LogP contribution in [0.3, 0.4) is 0 Å². The second-order valence-corrected chi connectivity index (χ2v) is 11.5. The third-order valence-corrected chi connectivity index (χ3v) is 9.30. The monoisotopic (exact) mass is 420 g/mol. The van der Waals surface area contributed by atoms with Crippen LogP contribution in [0.15, 0.2) is 60.2 Å². The summed E-state index contributed by atoms with van der Waals surface area (Å²) < 4.78 is 0. The molecule has 0 aromatic heterocycles. The van der Waals surface area contributed by atoms with Gasteiger partial charge in [-0.05, 0) is 103 Å². The quantitative estimate of drug-likeness (QED) is 0.437. The molecule has 164 valence electrons. The summed E-state index contributed by atoms with van der Waals surface area (Å²) in [6, 6.07) is 12.0. The topological polar surface area (TPSA) is 0 Å². The van der Waals surface area contributed by atoms with Crippen LogP contribution in [-0.4, -0.2) is 0 Å². The maximum Gasteiger partial charge on any atom is 0.00392 e. The summed E-state index contributed by atoms with van der Waals surface area (Å²) >= 11 is 0. The van der Waals surface area contributed by atoms with Crippen LogP contribution in [0.1, 0.15) is 73.3 Å². The maximum absolute atomic E-state index is 4.34. The molecule has 4 aliphatic rings. The highest BCUT2D eigenvalue weighted by Gasteiger charge is 2.42. The fourth-order valence-corrected chi connectivity index (χ4v) is 7.43. The first-order valence-electron chi connectivity index (χ1n) is 12.7. The second kappa shape index (κ2) is 7.34. The zero-order valence-electron chi connectivity index (χ0n) is 19.9. The van der Waals surface area contributed by atoms with Crippen molar-refractivity contribution in [2.75, 3.05) is 0 Å². The first-order valence-corrected chi connectivity index (χ1v) is 12.7. The van der Waals surface area contributed by atoms with Crippen molar-refractivity contribution >= 4 is 6.08 Å². The standard InChI is InChI=1S/C32H36/c1-20-13-25-19-32(4)12-6-8-26(32)18-30(25)31(14-20)27-9-5-7-24-15-23(17-29(24)27)16-28-21(2)10-11-22(28)3/h5,7,9,13-15,26,28H,2-3,6,8,10-12,16-19H2,1,4H3. The van der Waals surface area contributed by atoms with E-state index in [0.717, 1.165) is 31.6 Å². The highest BCUT2D eigenvalue weighted by Crippen LogP contribution is 2.52. The minimum atomic E-state index is 0.491. The molecule has 2 saturated carbocycles. The zero-order valence-corrected chi connectivity index (χ0v) is 19.9. The summed E-state index contributed by atoms with van der Waals surface area (Å²) in [5.74, 6) is 1.35. The molecular weight excluding hydrogens is 384 g/mol. The Hall–Kier alpha value is -2.34. The van der Waals surface area contributed by atoms with Gasteiger partial charge in [-0.1, -0.05) is 85.2 Å². The van der Waals surface area contributed by atoms with E-state index in [1.54, 1.807) is 22.3 Å². The van der Waals surface area contributed by atoms with Gasteiger partial charge in [0.25, 0.3) is 0 Å². The van der Waals surface area contributed by atoms with Gasteiger partial charge in [-0.3, -0.25) is 0 Å². The van der Waals surface area contributed by atoms with E-state index in [4.69, 9.17) is 0 Å². The Bertz CT molecular complexity index is 1160. The van der Waals surface area contributed by atoms with E-state index in [-0.39, 0.29) is 0 Å². The Morgan fingerprint density at radius 2 is 1.84 bits per heavy atom. The maximum atomic E-state index is 4.34. The van der Waals surface area contributed by atoms with Gasteiger partial charge < -0.3 is 0 Å². The van der Waals surface area contributed by atoms with E-state index >= 15 is 0 Å². The van der Waals surface area contributed by atoms with Crippen LogP contribution in [0.2, 0.25) is 0 Å². The largest absolute Gasteiger partial charge is 0.0992 e. The van der Waals surface area contributed by atoms with Crippen LogP contribution in [0.5, 0.6) is 0 Å². The minimum absolute atomic E-state index is 0.491. The van der Waals surface area contributed by atoms with Crippen LogP contribution >= 0.6 is 0 Å². The van der Waals surface area contributed by atoms with Crippen molar-refractivity contribution < 1.29 is 0 Å². The Labute approximate surface area is 194 Å². The number of hydrogen-bond acceptors (Lipinski definition) is 0. The highest BCUT2D eigenvalue weighted by molar-refractivity contribution is 5.80. The average Bonchev–Trinajstić information content (AvgIpc) is 3.43. The van der Waals surface area contributed by atoms with Crippen LogP contribution in [0.4, 0.5) is 0 Å². The van der Waals surface area contributed by atoms with E-state index in [2.05, 4.69) is 63.4 Å². The SMILES string of the molecule is C=C1CCC(=C)C1CC1=Cc2cccc(-c3cc(C)cc4c3CC3CCCC3(C)C4)c2C1. The average molecular weight is 421 g/mol. The van der Waals surface area contributed by atoms with Crippen molar-refractivity contribution in [3.8, 4) is 11.1 Å². The molecule has 0 saturated heterocycles. The van der Waals surface area contributed by atoms with Crippen molar-refractivity contribution in [3.05, 3.63) is 88.0 Å². The molecule has 4 aliphatic carbocycles. The Balaban J connectivity index is 1.36. The molecule has 2 unspecified atom stereocenters. The normalized spacial score (nSPS) is 26.8. The Kier molecular flexibility index (Phi) is 4.65. The van der Waals surface area contributed by atoms with Crippen molar-refractivity contribution in [2.24, 2.45) is 17.3 Å². The predicted molar refractivity (Wildman–Crippen MR) is 137 cm³/mol. The molecule has 2 fully saturated rings. The number of allylic oxidation sites excluding steroid dienone is 3. The molecule has 0 aliphatic heterocycles. The summed E-state index contributed by atoms with van der Waals surface area (Å²) in [6.07, 6.45) is 13.7. The van der Waals surface area contributed by atoms with E-state index in [1.165, 1.54) is 65.5 Å². The molecular formula is C32H36. The molecule has 2 atom stereocenters. The zero-order chi connectivity index (χ0) is 22.0. The lowest BCUT2D eigenvalue weighted by atomic mass is 9.66. The lowest BCUT2D eigenvalue weighted by molar-refractivity contribution is 0.210. The van der Waals surface area contributed by atoms with Crippen LogP contribution in [0.25, 0.3) is 17.2 Å². The fourth-order valence-electron chi connectivity index (χ4n) is 7.43. The van der Waals surface area contributed by atoms with E-state index in [9.17, 15) is 0 Å². The molecule has 0 nitrogen and oxygen atoms in total. The predicted octanol–water partition coefficient (Wildman–Crippen LogP) is 8.42. The molecule has 0 radical (unpaired) electrons. The van der Waals surface area contributed by atoms with Gasteiger partial charge in [0.2, 0.25) is 0 Å². The number of hydrogen-bond donors (Lipinski definition) is 0. The third-order valence-electron chi connectivity index (χ3n) is 9.30.